The first kappa shape index (κ1) is 15.3. The van der Waals surface area contributed by atoms with Crippen molar-refractivity contribution < 1.29 is 14.4 Å². The summed E-state index contributed by atoms with van der Waals surface area (Å²) in [6.07, 6.45) is 1.22. The zero-order chi connectivity index (χ0) is 16.4. The Morgan fingerprint density at radius 2 is 2.00 bits per heavy atom. The average molecular weight is 316 g/mol. The zero-order valence-corrected chi connectivity index (χ0v) is 13.0. The Morgan fingerprint density at radius 1 is 1.26 bits per heavy atom. The van der Waals surface area contributed by atoms with E-state index in [1.807, 2.05) is 31.2 Å². The number of rotatable bonds is 2. The first-order valence-electron chi connectivity index (χ1n) is 7.77. The monoisotopic (exact) mass is 316 g/mol. The predicted molar refractivity (Wildman–Crippen MR) is 85.0 cm³/mol. The molecule has 0 aliphatic carbocycles. The maximum Gasteiger partial charge on any atom is 0.324 e. The highest BCUT2D eigenvalue weighted by Gasteiger charge is 2.37. The van der Waals surface area contributed by atoms with Gasteiger partial charge < -0.3 is 15.5 Å². The van der Waals surface area contributed by atoms with Crippen molar-refractivity contribution in [3.8, 4) is 0 Å². The smallest absolute Gasteiger partial charge is 0.324 e. The zero-order valence-electron chi connectivity index (χ0n) is 13.0. The molecule has 0 radical (unpaired) electrons. The van der Waals surface area contributed by atoms with Gasteiger partial charge in [0.25, 0.3) is 0 Å². The summed E-state index contributed by atoms with van der Waals surface area (Å²) in [7, 11) is 0. The minimum Gasteiger partial charge on any atom is -0.329 e. The van der Waals surface area contributed by atoms with E-state index in [4.69, 9.17) is 0 Å². The molecular formula is C16H20N4O3. The molecule has 5 amide bonds. The molecular weight excluding hydrogens is 296 g/mol. The van der Waals surface area contributed by atoms with Gasteiger partial charge in [-0.1, -0.05) is 12.1 Å². The molecule has 1 aromatic rings. The Hall–Kier alpha value is -2.57. The topological polar surface area (TPSA) is 81.8 Å². The van der Waals surface area contributed by atoms with E-state index < -0.39 is 0 Å². The Balaban J connectivity index is 1.55. The molecule has 0 spiro atoms. The van der Waals surface area contributed by atoms with Gasteiger partial charge in [0.2, 0.25) is 5.91 Å². The molecule has 0 aromatic heterocycles. The molecule has 23 heavy (non-hydrogen) atoms. The summed E-state index contributed by atoms with van der Waals surface area (Å²) in [5.74, 6) is -0.183. The van der Waals surface area contributed by atoms with E-state index in [1.165, 1.54) is 4.90 Å². The normalized spacial score (nSPS) is 19.0. The molecule has 2 fully saturated rings. The number of hydrogen-bond donors (Lipinski definition) is 2. The second-order valence-electron chi connectivity index (χ2n) is 5.94. The van der Waals surface area contributed by atoms with Gasteiger partial charge in [-0.25, -0.2) is 9.59 Å². The van der Waals surface area contributed by atoms with Crippen molar-refractivity contribution in [3.63, 3.8) is 0 Å². The van der Waals surface area contributed by atoms with Gasteiger partial charge in [-0.05, 0) is 37.5 Å². The Bertz CT molecular complexity index is 622. The van der Waals surface area contributed by atoms with Crippen LogP contribution in [0.25, 0.3) is 0 Å². The third-order valence-corrected chi connectivity index (χ3v) is 4.26. The van der Waals surface area contributed by atoms with Crippen molar-refractivity contribution >= 4 is 23.7 Å². The van der Waals surface area contributed by atoms with Gasteiger partial charge >= 0.3 is 12.1 Å². The third-order valence-electron chi connectivity index (χ3n) is 4.26. The van der Waals surface area contributed by atoms with Crippen LogP contribution in [0.4, 0.5) is 15.3 Å². The number of amides is 5. The Kier molecular flexibility index (Phi) is 4.18. The van der Waals surface area contributed by atoms with Gasteiger partial charge in [-0.15, -0.1) is 0 Å². The Morgan fingerprint density at radius 3 is 2.61 bits per heavy atom. The van der Waals surface area contributed by atoms with Crippen molar-refractivity contribution in [3.05, 3.63) is 29.8 Å². The molecule has 2 heterocycles. The molecule has 0 saturated carbocycles. The van der Waals surface area contributed by atoms with Crippen LogP contribution in [0.5, 0.6) is 0 Å². The SMILES string of the molecule is Cc1cccc(NC(=O)N2CCC(N3C(=O)CNC3=O)CC2)c1. The molecule has 2 aliphatic rings. The molecule has 0 bridgehead atoms. The number of hydrogen-bond acceptors (Lipinski definition) is 3. The molecule has 1 aromatic carbocycles. The molecule has 7 heteroatoms. The third kappa shape index (κ3) is 3.28. The molecule has 2 saturated heterocycles. The lowest BCUT2D eigenvalue weighted by molar-refractivity contribution is -0.127. The van der Waals surface area contributed by atoms with Crippen molar-refractivity contribution in [2.45, 2.75) is 25.8 Å². The first-order valence-corrected chi connectivity index (χ1v) is 7.77. The van der Waals surface area contributed by atoms with E-state index in [-0.39, 0.29) is 30.6 Å². The second-order valence-corrected chi connectivity index (χ2v) is 5.94. The van der Waals surface area contributed by atoms with E-state index in [0.29, 0.717) is 25.9 Å². The summed E-state index contributed by atoms with van der Waals surface area (Å²) in [5.41, 5.74) is 1.85. The highest BCUT2D eigenvalue weighted by Crippen LogP contribution is 2.20. The van der Waals surface area contributed by atoms with Gasteiger partial charge in [-0.2, -0.15) is 0 Å². The molecule has 7 nitrogen and oxygen atoms in total. The largest absolute Gasteiger partial charge is 0.329 e. The predicted octanol–water partition coefficient (Wildman–Crippen LogP) is 1.54. The number of aryl methyl sites for hydroxylation is 1. The number of imide groups is 1. The number of carbonyl (C=O) groups excluding carboxylic acids is 3. The summed E-state index contributed by atoms with van der Waals surface area (Å²) in [4.78, 5) is 38.7. The van der Waals surface area contributed by atoms with Crippen LogP contribution in [0, 0.1) is 6.92 Å². The van der Waals surface area contributed by atoms with E-state index in [1.54, 1.807) is 4.90 Å². The fraction of sp³-hybridized carbons (Fsp3) is 0.438. The van der Waals surface area contributed by atoms with E-state index in [2.05, 4.69) is 10.6 Å². The molecule has 0 atom stereocenters. The van der Waals surface area contributed by atoms with Crippen LogP contribution in [0.3, 0.4) is 0 Å². The highest BCUT2D eigenvalue weighted by molar-refractivity contribution is 6.02. The van der Waals surface area contributed by atoms with Crippen LogP contribution >= 0.6 is 0 Å². The number of anilines is 1. The lowest BCUT2D eigenvalue weighted by atomic mass is 10.0. The number of piperidine rings is 1. The molecule has 122 valence electrons. The molecule has 2 aliphatic heterocycles. The van der Waals surface area contributed by atoms with Gasteiger partial charge in [0, 0.05) is 24.8 Å². The second kappa shape index (κ2) is 6.28. The molecule has 0 unspecified atom stereocenters. The summed E-state index contributed by atoms with van der Waals surface area (Å²) in [5, 5.41) is 5.41. The van der Waals surface area contributed by atoms with Gasteiger partial charge in [0.1, 0.15) is 0 Å². The first-order chi connectivity index (χ1) is 11.0. The number of urea groups is 2. The quantitative estimate of drug-likeness (QED) is 0.812. The van der Waals surface area contributed by atoms with Gasteiger partial charge in [-0.3, -0.25) is 9.69 Å². The number of nitrogens with one attached hydrogen (secondary N) is 2. The van der Waals surface area contributed by atoms with Gasteiger partial charge in [0.15, 0.2) is 0 Å². The summed E-state index contributed by atoms with van der Waals surface area (Å²) >= 11 is 0. The van der Waals surface area contributed by atoms with E-state index >= 15 is 0 Å². The maximum atomic E-state index is 12.3. The van der Waals surface area contributed by atoms with Crippen molar-refractivity contribution in [1.82, 2.24) is 15.1 Å². The Labute approximate surface area is 134 Å². The van der Waals surface area contributed by atoms with Crippen molar-refractivity contribution in [2.75, 3.05) is 25.0 Å². The number of benzene rings is 1. The van der Waals surface area contributed by atoms with Crippen LogP contribution < -0.4 is 10.6 Å². The fourth-order valence-electron chi connectivity index (χ4n) is 3.06. The minimum atomic E-state index is -0.322. The summed E-state index contributed by atoms with van der Waals surface area (Å²) in [6, 6.07) is 7.05. The van der Waals surface area contributed by atoms with E-state index in [9.17, 15) is 14.4 Å². The van der Waals surface area contributed by atoms with E-state index in [0.717, 1.165) is 11.3 Å². The lowest BCUT2D eigenvalue weighted by Gasteiger charge is -2.35. The minimum absolute atomic E-state index is 0.0763. The number of nitrogens with zero attached hydrogens (tertiary/aromatic N) is 2. The summed E-state index contributed by atoms with van der Waals surface area (Å²) in [6.45, 7) is 3.10. The lowest BCUT2D eigenvalue weighted by Crippen LogP contribution is -2.49. The number of carbonyl (C=O) groups is 3. The molecule has 2 N–H and O–H groups in total. The van der Waals surface area contributed by atoms with Crippen molar-refractivity contribution in [2.24, 2.45) is 0 Å². The van der Waals surface area contributed by atoms with Crippen LogP contribution in [-0.2, 0) is 4.79 Å². The van der Waals surface area contributed by atoms with Crippen LogP contribution in [-0.4, -0.2) is 53.4 Å². The van der Waals surface area contributed by atoms with Gasteiger partial charge in [0.05, 0.1) is 6.54 Å². The highest BCUT2D eigenvalue weighted by atomic mass is 16.2. The number of likely N-dealkylation sites (tertiary alicyclic amines) is 1. The summed E-state index contributed by atoms with van der Waals surface area (Å²) < 4.78 is 0. The standard InChI is InChI=1S/C16H20N4O3/c1-11-3-2-4-12(9-11)18-16(23)19-7-5-13(6-8-19)20-14(21)10-17-15(20)22/h2-4,9,13H,5-8,10H2,1H3,(H,17,22)(H,18,23). The fourth-order valence-corrected chi connectivity index (χ4v) is 3.06. The molecule has 3 rings (SSSR count). The van der Waals surface area contributed by atoms with Crippen LogP contribution in [0.15, 0.2) is 24.3 Å². The van der Waals surface area contributed by atoms with Crippen molar-refractivity contribution in [1.29, 1.82) is 0 Å². The van der Waals surface area contributed by atoms with Crippen LogP contribution in [0.1, 0.15) is 18.4 Å². The maximum absolute atomic E-state index is 12.3. The van der Waals surface area contributed by atoms with Crippen LogP contribution in [0.2, 0.25) is 0 Å². The average Bonchev–Trinajstić information content (AvgIpc) is 2.86.